The lowest BCUT2D eigenvalue weighted by Crippen LogP contribution is -2.37. The predicted octanol–water partition coefficient (Wildman–Crippen LogP) is 1.56. The van der Waals surface area contributed by atoms with Crippen LogP contribution in [0.25, 0.3) is 0 Å². The topological polar surface area (TPSA) is 41.1 Å². The van der Waals surface area contributed by atoms with Crippen LogP contribution in [0.15, 0.2) is 11.1 Å². The summed E-state index contributed by atoms with van der Waals surface area (Å²) < 4.78 is 0. The molecule has 4 heteroatoms. The Balaban J connectivity index is 2.06. The molecule has 1 rings (SSSR count). The Kier molecular flexibility index (Phi) is 6.57. The molecule has 0 aliphatic carbocycles. The van der Waals surface area contributed by atoms with Crippen LogP contribution in [0.4, 0.5) is 0 Å². The molecule has 0 bridgehead atoms. The van der Waals surface area contributed by atoms with Gasteiger partial charge in [-0.15, -0.1) is 0 Å². The fourth-order valence-electron chi connectivity index (χ4n) is 1.56. The number of carbonyl (C=O) groups excluding carboxylic acids is 1. The van der Waals surface area contributed by atoms with Gasteiger partial charge in [0.15, 0.2) is 0 Å². The third kappa shape index (κ3) is 4.58. The van der Waals surface area contributed by atoms with Crippen molar-refractivity contribution in [2.75, 3.05) is 31.6 Å². The molecule has 1 fully saturated rings. The third-order valence-corrected chi connectivity index (χ3v) is 3.56. The van der Waals surface area contributed by atoms with Gasteiger partial charge in [-0.05, 0) is 37.3 Å². The number of nitrogens with one attached hydrogen (secondary N) is 2. The number of rotatable bonds is 7. The SMILES string of the molecule is CSCCCCCNC(=O)C(C)=C1CNC1. The Labute approximate surface area is 102 Å². The minimum atomic E-state index is 0.112. The van der Waals surface area contributed by atoms with Crippen LogP contribution in [0.3, 0.4) is 0 Å². The van der Waals surface area contributed by atoms with Crippen molar-refractivity contribution < 1.29 is 4.79 Å². The van der Waals surface area contributed by atoms with Gasteiger partial charge in [0.25, 0.3) is 0 Å². The Bertz CT molecular complexity index is 258. The van der Waals surface area contributed by atoms with Crippen LogP contribution >= 0.6 is 11.8 Å². The van der Waals surface area contributed by atoms with Crippen LogP contribution in [-0.2, 0) is 4.79 Å². The maximum absolute atomic E-state index is 11.7. The van der Waals surface area contributed by atoms with Gasteiger partial charge in [0.2, 0.25) is 5.91 Å². The molecule has 1 aliphatic heterocycles. The van der Waals surface area contributed by atoms with Crippen molar-refractivity contribution in [2.45, 2.75) is 26.2 Å². The van der Waals surface area contributed by atoms with Crippen molar-refractivity contribution in [3.63, 3.8) is 0 Å². The molecule has 0 unspecified atom stereocenters. The average Bonchev–Trinajstić information content (AvgIpc) is 2.20. The molecule has 2 N–H and O–H groups in total. The highest BCUT2D eigenvalue weighted by Crippen LogP contribution is 2.08. The van der Waals surface area contributed by atoms with Crippen LogP contribution in [0.5, 0.6) is 0 Å². The van der Waals surface area contributed by atoms with E-state index in [0.29, 0.717) is 0 Å². The molecule has 1 saturated heterocycles. The first kappa shape index (κ1) is 13.6. The fourth-order valence-corrected chi connectivity index (χ4v) is 2.05. The average molecular weight is 242 g/mol. The molecular formula is C12H22N2OS. The van der Waals surface area contributed by atoms with E-state index in [1.807, 2.05) is 18.7 Å². The van der Waals surface area contributed by atoms with E-state index in [4.69, 9.17) is 0 Å². The first-order chi connectivity index (χ1) is 7.75. The van der Waals surface area contributed by atoms with Gasteiger partial charge in [-0.25, -0.2) is 0 Å². The summed E-state index contributed by atoms with van der Waals surface area (Å²) in [6.45, 7) is 4.49. The van der Waals surface area contributed by atoms with Crippen molar-refractivity contribution in [2.24, 2.45) is 0 Å². The Morgan fingerprint density at radius 3 is 2.69 bits per heavy atom. The van der Waals surface area contributed by atoms with Gasteiger partial charge in [-0.1, -0.05) is 6.42 Å². The van der Waals surface area contributed by atoms with Gasteiger partial charge in [0.1, 0.15) is 0 Å². The van der Waals surface area contributed by atoms with Gasteiger partial charge >= 0.3 is 0 Å². The van der Waals surface area contributed by atoms with Crippen LogP contribution in [0.2, 0.25) is 0 Å². The molecule has 1 aliphatic rings. The summed E-state index contributed by atoms with van der Waals surface area (Å²) in [6.07, 6.45) is 5.68. The molecule has 0 aromatic heterocycles. The van der Waals surface area contributed by atoms with Crippen molar-refractivity contribution in [1.82, 2.24) is 10.6 Å². The molecule has 0 aromatic carbocycles. The summed E-state index contributed by atoms with van der Waals surface area (Å²) in [4.78, 5) is 11.7. The normalized spacial score (nSPS) is 14.5. The highest BCUT2D eigenvalue weighted by atomic mass is 32.2. The summed E-state index contributed by atoms with van der Waals surface area (Å²) in [5.74, 6) is 1.34. The summed E-state index contributed by atoms with van der Waals surface area (Å²) in [5, 5.41) is 6.12. The molecule has 16 heavy (non-hydrogen) atoms. The number of hydrogen-bond acceptors (Lipinski definition) is 3. The molecule has 3 nitrogen and oxygen atoms in total. The molecule has 0 spiro atoms. The molecule has 0 radical (unpaired) electrons. The quantitative estimate of drug-likeness (QED) is 0.526. The van der Waals surface area contributed by atoms with Gasteiger partial charge in [0, 0.05) is 25.2 Å². The van der Waals surface area contributed by atoms with Crippen molar-refractivity contribution in [3.8, 4) is 0 Å². The van der Waals surface area contributed by atoms with Gasteiger partial charge in [-0.3, -0.25) is 4.79 Å². The largest absolute Gasteiger partial charge is 0.352 e. The standard InChI is InChI=1S/C12H22N2OS/c1-10(11-8-13-9-11)12(15)14-6-4-3-5-7-16-2/h13H,3-9H2,1-2H3,(H,14,15). The van der Waals surface area contributed by atoms with Crippen LogP contribution in [0.1, 0.15) is 26.2 Å². The molecule has 0 atom stereocenters. The Morgan fingerprint density at radius 1 is 1.38 bits per heavy atom. The second kappa shape index (κ2) is 7.74. The Hall–Kier alpha value is -0.480. The second-order valence-corrected chi connectivity index (χ2v) is 5.13. The third-order valence-electron chi connectivity index (χ3n) is 2.86. The van der Waals surface area contributed by atoms with Crippen LogP contribution in [0, 0.1) is 0 Å². The number of hydrogen-bond donors (Lipinski definition) is 2. The minimum Gasteiger partial charge on any atom is -0.352 e. The highest BCUT2D eigenvalue weighted by molar-refractivity contribution is 7.98. The molecular weight excluding hydrogens is 220 g/mol. The van der Waals surface area contributed by atoms with E-state index in [1.54, 1.807) is 0 Å². The molecule has 92 valence electrons. The zero-order valence-electron chi connectivity index (χ0n) is 10.3. The number of amides is 1. The lowest BCUT2D eigenvalue weighted by Gasteiger charge is -2.21. The summed E-state index contributed by atoms with van der Waals surface area (Å²) in [6, 6.07) is 0. The predicted molar refractivity (Wildman–Crippen MR) is 70.8 cm³/mol. The van der Waals surface area contributed by atoms with E-state index in [9.17, 15) is 4.79 Å². The zero-order chi connectivity index (χ0) is 11.8. The fraction of sp³-hybridized carbons (Fsp3) is 0.750. The maximum atomic E-state index is 11.7. The Morgan fingerprint density at radius 2 is 2.12 bits per heavy atom. The minimum absolute atomic E-state index is 0.112. The van der Waals surface area contributed by atoms with E-state index in [2.05, 4.69) is 16.9 Å². The maximum Gasteiger partial charge on any atom is 0.246 e. The molecule has 0 aromatic rings. The van der Waals surface area contributed by atoms with E-state index < -0.39 is 0 Å². The van der Waals surface area contributed by atoms with Gasteiger partial charge in [0.05, 0.1) is 0 Å². The van der Waals surface area contributed by atoms with E-state index in [-0.39, 0.29) is 5.91 Å². The zero-order valence-corrected chi connectivity index (χ0v) is 11.1. The first-order valence-corrected chi connectivity index (χ1v) is 7.31. The number of carbonyl (C=O) groups is 1. The lowest BCUT2D eigenvalue weighted by molar-refractivity contribution is -0.117. The molecule has 1 heterocycles. The number of unbranched alkanes of at least 4 members (excludes halogenated alkanes) is 2. The van der Waals surface area contributed by atoms with Crippen molar-refractivity contribution in [1.29, 1.82) is 0 Å². The second-order valence-electron chi connectivity index (χ2n) is 4.14. The highest BCUT2D eigenvalue weighted by Gasteiger charge is 2.15. The van der Waals surface area contributed by atoms with E-state index in [0.717, 1.165) is 31.6 Å². The summed E-state index contributed by atoms with van der Waals surface area (Å²) in [7, 11) is 0. The first-order valence-electron chi connectivity index (χ1n) is 5.92. The molecule has 1 amide bonds. The number of thioether (sulfide) groups is 1. The van der Waals surface area contributed by atoms with Crippen LogP contribution in [-0.4, -0.2) is 37.6 Å². The summed E-state index contributed by atoms with van der Waals surface area (Å²) in [5.41, 5.74) is 2.16. The van der Waals surface area contributed by atoms with E-state index >= 15 is 0 Å². The monoisotopic (exact) mass is 242 g/mol. The van der Waals surface area contributed by atoms with E-state index in [1.165, 1.54) is 24.2 Å². The summed E-state index contributed by atoms with van der Waals surface area (Å²) >= 11 is 1.88. The molecule has 0 saturated carbocycles. The van der Waals surface area contributed by atoms with Crippen molar-refractivity contribution in [3.05, 3.63) is 11.1 Å². The smallest absolute Gasteiger partial charge is 0.246 e. The van der Waals surface area contributed by atoms with Gasteiger partial charge < -0.3 is 10.6 Å². The lowest BCUT2D eigenvalue weighted by atomic mass is 10.0. The van der Waals surface area contributed by atoms with Gasteiger partial charge in [-0.2, -0.15) is 11.8 Å². The van der Waals surface area contributed by atoms with Crippen molar-refractivity contribution >= 4 is 17.7 Å². The van der Waals surface area contributed by atoms with Crippen LogP contribution < -0.4 is 10.6 Å².